The van der Waals surface area contributed by atoms with Gasteiger partial charge in [-0.15, -0.1) is 0 Å². The first-order valence-corrected chi connectivity index (χ1v) is 8.20. The fourth-order valence-electron chi connectivity index (χ4n) is 2.82. The topological polar surface area (TPSA) is 56.1 Å². The zero-order chi connectivity index (χ0) is 18.5. The van der Waals surface area contributed by atoms with E-state index in [4.69, 9.17) is 4.74 Å². The van der Waals surface area contributed by atoms with Crippen molar-refractivity contribution in [3.05, 3.63) is 89.3 Å². The Morgan fingerprint density at radius 1 is 1.27 bits per heavy atom. The second-order valence-corrected chi connectivity index (χ2v) is 5.99. The molecule has 1 amide bonds. The molecular formula is C20H20FN3O2. The molecule has 0 saturated carbocycles. The van der Waals surface area contributed by atoms with Gasteiger partial charge in [0.05, 0.1) is 6.61 Å². The van der Waals surface area contributed by atoms with Gasteiger partial charge in [0.15, 0.2) is 0 Å². The largest absolute Gasteiger partial charge is 0.380 e. The number of halogens is 1. The highest BCUT2D eigenvalue weighted by Crippen LogP contribution is 2.22. The number of imidazole rings is 1. The number of aromatic nitrogens is 2. The summed E-state index contributed by atoms with van der Waals surface area (Å²) < 4.78 is 20.6. The Labute approximate surface area is 151 Å². The summed E-state index contributed by atoms with van der Waals surface area (Å²) in [4.78, 5) is 17.1. The smallest absolute Gasteiger partial charge is 0.252 e. The molecule has 0 spiro atoms. The zero-order valence-corrected chi connectivity index (χ0v) is 14.6. The second-order valence-electron chi connectivity index (χ2n) is 5.99. The summed E-state index contributed by atoms with van der Waals surface area (Å²) >= 11 is 0. The molecule has 2 aromatic carbocycles. The molecule has 0 aliphatic heterocycles. The van der Waals surface area contributed by atoms with Crippen LogP contribution in [0.25, 0.3) is 0 Å². The van der Waals surface area contributed by atoms with Crippen molar-refractivity contribution < 1.29 is 13.9 Å². The van der Waals surface area contributed by atoms with Crippen LogP contribution < -0.4 is 5.32 Å². The number of benzene rings is 2. The number of methoxy groups -OCH3 is 1. The van der Waals surface area contributed by atoms with Gasteiger partial charge in [0.1, 0.15) is 17.7 Å². The summed E-state index contributed by atoms with van der Waals surface area (Å²) in [6.07, 6.45) is 3.43. The minimum absolute atomic E-state index is 0.264. The first-order valence-electron chi connectivity index (χ1n) is 8.20. The fraction of sp³-hybridized carbons (Fsp3) is 0.200. The lowest BCUT2D eigenvalue weighted by atomic mass is 10.0. The number of nitrogens with zero attached hydrogens (tertiary/aromatic N) is 2. The van der Waals surface area contributed by atoms with Gasteiger partial charge >= 0.3 is 0 Å². The van der Waals surface area contributed by atoms with E-state index in [1.165, 1.54) is 12.1 Å². The maximum Gasteiger partial charge on any atom is 0.252 e. The molecule has 1 heterocycles. The van der Waals surface area contributed by atoms with Crippen LogP contribution in [0.2, 0.25) is 0 Å². The van der Waals surface area contributed by atoms with E-state index in [0.717, 1.165) is 5.56 Å². The molecule has 0 fully saturated rings. The Hall–Kier alpha value is -2.99. The van der Waals surface area contributed by atoms with E-state index >= 15 is 0 Å². The van der Waals surface area contributed by atoms with Crippen LogP contribution in [-0.4, -0.2) is 22.6 Å². The average molecular weight is 353 g/mol. The molecule has 3 rings (SSSR count). The third-order valence-electron chi connectivity index (χ3n) is 4.07. The van der Waals surface area contributed by atoms with Crippen LogP contribution in [-0.2, 0) is 18.4 Å². The number of ether oxygens (including phenoxy) is 1. The van der Waals surface area contributed by atoms with Crippen LogP contribution in [0.4, 0.5) is 4.39 Å². The fourth-order valence-corrected chi connectivity index (χ4v) is 2.82. The predicted octanol–water partition coefficient (Wildman–Crippen LogP) is 3.23. The quantitative estimate of drug-likeness (QED) is 0.740. The molecule has 26 heavy (non-hydrogen) atoms. The number of hydrogen-bond acceptors (Lipinski definition) is 3. The van der Waals surface area contributed by atoms with Crippen LogP contribution >= 0.6 is 0 Å². The summed E-state index contributed by atoms with van der Waals surface area (Å²) in [6, 6.07) is 12.8. The number of hydrogen-bond donors (Lipinski definition) is 1. The number of nitrogens with one attached hydrogen (secondary N) is 1. The highest BCUT2D eigenvalue weighted by Gasteiger charge is 2.22. The van der Waals surface area contributed by atoms with Crippen LogP contribution in [0.1, 0.15) is 33.4 Å². The van der Waals surface area contributed by atoms with Gasteiger partial charge in [0, 0.05) is 32.1 Å². The van der Waals surface area contributed by atoms with Gasteiger partial charge in [-0.1, -0.05) is 24.3 Å². The lowest BCUT2D eigenvalue weighted by Gasteiger charge is -2.19. The average Bonchev–Trinajstić information content (AvgIpc) is 3.06. The van der Waals surface area contributed by atoms with E-state index in [2.05, 4.69) is 10.3 Å². The molecular weight excluding hydrogens is 333 g/mol. The molecule has 0 saturated heterocycles. The summed E-state index contributed by atoms with van der Waals surface area (Å²) in [6.45, 7) is 0.424. The van der Waals surface area contributed by atoms with Crippen LogP contribution in [0.5, 0.6) is 0 Å². The Morgan fingerprint density at radius 2 is 2.08 bits per heavy atom. The van der Waals surface area contributed by atoms with Crippen molar-refractivity contribution in [1.82, 2.24) is 14.9 Å². The van der Waals surface area contributed by atoms with Crippen molar-refractivity contribution >= 4 is 5.91 Å². The SMILES string of the molecule is COCc1cccc(C(=O)N[C@H](c2cccc(F)c2)c2nccn2C)c1. The minimum atomic E-state index is -0.565. The Kier molecular flexibility index (Phi) is 5.43. The Bertz CT molecular complexity index is 907. The van der Waals surface area contributed by atoms with Gasteiger partial charge in [-0.2, -0.15) is 0 Å². The lowest BCUT2D eigenvalue weighted by Crippen LogP contribution is -2.31. The molecule has 5 nitrogen and oxygen atoms in total. The third-order valence-corrected chi connectivity index (χ3v) is 4.07. The van der Waals surface area contributed by atoms with E-state index in [1.54, 1.807) is 54.4 Å². The van der Waals surface area contributed by atoms with Crippen LogP contribution in [0.3, 0.4) is 0 Å². The molecule has 0 radical (unpaired) electrons. The summed E-state index contributed by atoms with van der Waals surface area (Å²) in [5.74, 6) is -0.00439. The first kappa shape index (κ1) is 17.8. The van der Waals surface area contributed by atoms with Crippen molar-refractivity contribution in [2.75, 3.05) is 7.11 Å². The number of rotatable bonds is 6. The maximum atomic E-state index is 13.7. The van der Waals surface area contributed by atoms with Gasteiger partial charge in [-0.3, -0.25) is 4.79 Å². The van der Waals surface area contributed by atoms with Crippen LogP contribution in [0.15, 0.2) is 60.9 Å². The van der Waals surface area contributed by atoms with E-state index in [1.807, 2.05) is 13.1 Å². The van der Waals surface area contributed by atoms with Crippen molar-refractivity contribution in [3.63, 3.8) is 0 Å². The normalized spacial score (nSPS) is 12.0. The van der Waals surface area contributed by atoms with Crippen molar-refractivity contribution in [2.45, 2.75) is 12.6 Å². The summed E-state index contributed by atoms with van der Waals surface area (Å²) in [5, 5.41) is 2.96. The van der Waals surface area contributed by atoms with Crippen molar-refractivity contribution in [3.8, 4) is 0 Å². The van der Waals surface area contributed by atoms with E-state index < -0.39 is 6.04 Å². The van der Waals surface area contributed by atoms with Gasteiger partial charge < -0.3 is 14.6 Å². The van der Waals surface area contributed by atoms with Gasteiger partial charge in [-0.25, -0.2) is 9.37 Å². The standard InChI is InChI=1S/C20H20FN3O2/c1-24-10-9-22-19(24)18(15-6-4-8-17(21)12-15)23-20(25)16-7-3-5-14(11-16)13-26-2/h3-12,18H,13H2,1-2H3,(H,23,25)/t18-/m1/s1. The van der Waals surface area contributed by atoms with E-state index in [0.29, 0.717) is 23.6 Å². The molecule has 0 unspecified atom stereocenters. The zero-order valence-electron chi connectivity index (χ0n) is 14.6. The first-order chi connectivity index (χ1) is 12.6. The van der Waals surface area contributed by atoms with Crippen molar-refractivity contribution in [2.24, 2.45) is 7.05 Å². The van der Waals surface area contributed by atoms with Crippen LogP contribution in [0, 0.1) is 5.82 Å². The lowest BCUT2D eigenvalue weighted by molar-refractivity contribution is 0.0940. The Balaban J connectivity index is 1.92. The molecule has 1 atom stereocenters. The van der Waals surface area contributed by atoms with Gasteiger partial charge in [0.2, 0.25) is 0 Å². The number of aryl methyl sites for hydroxylation is 1. The molecule has 3 aromatic rings. The molecule has 0 bridgehead atoms. The van der Waals surface area contributed by atoms with Gasteiger partial charge in [0.25, 0.3) is 5.91 Å². The molecule has 0 aliphatic rings. The second kappa shape index (κ2) is 7.93. The summed E-state index contributed by atoms with van der Waals surface area (Å²) in [7, 11) is 3.44. The Morgan fingerprint density at radius 3 is 2.77 bits per heavy atom. The number of amides is 1. The highest BCUT2D eigenvalue weighted by atomic mass is 19.1. The predicted molar refractivity (Wildman–Crippen MR) is 96.1 cm³/mol. The van der Waals surface area contributed by atoms with Gasteiger partial charge in [-0.05, 0) is 35.4 Å². The number of carbonyl (C=O) groups is 1. The van der Waals surface area contributed by atoms with Crippen molar-refractivity contribution in [1.29, 1.82) is 0 Å². The molecule has 1 N–H and O–H groups in total. The maximum absolute atomic E-state index is 13.7. The molecule has 0 aliphatic carbocycles. The monoisotopic (exact) mass is 353 g/mol. The van der Waals surface area contributed by atoms with E-state index in [-0.39, 0.29) is 11.7 Å². The van der Waals surface area contributed by atoms with E-state index in [9.17, 15) is 9.18 Å². The molecule has 134 valence electrons. The third kappa shape index (κ3) is 3.97. The summed E-state index contributed by atoms with van der Waals surface area (Å²) in [5.41, 5.74) is 2.04. The number of carbonyl (C=O) groups excluding carboxylic acids is 1. The highest BCUT2D eigenvalue weighted by molar-refractivity contribution is 5.94. The minimum Gasteiger partial charge on any atom is -0.380 e. The molecule has 1 aromatic heterocycles. The molecule has 6 heteroatoms.